The monoisotopic (exact) mass is 525 g/mol. The number of benzene rings is 4. The number of esters is 1. The number of nitrogens with zero attached hydrogens (tertiary/aromatic N) is 1. The molecule has 5 aromatic rings. The van der Waals surface area contributed by atoms with E-state index >= 15 is 0 Å². The van der Waals surface area contributed by atoms with Gasteiger partial charge < -0.3 is 14.0 Å². The molecular formula is C33H32ClNO3. The highest BCUT2D eigenvalue weighted by Crippen LogP contribution is 2.40. The maximum Gasteiger partial charge on any atom is 0.355 e. The zero-order chi connectivity index (χ0) is 26.6. The fraction of sp³-hybridized carbons (Fsp3) is 0.242. The lowest BCUT2D eigenvalue weighted by atomic mass is 9.91. The Morgan fingerprint density at radius 3 is 2.50 bits per heavy atom. The molecule has 0 atom stereocenters. The quantitative estimate of drug-likeness (QED) is 0.142. The van der Waals surface area contributed by atoms with E-state index in [0.29, 0.717) is 36.9 Å². The Morgan fingerprint density at radius 2 is 1.68 bits per heavy atom. The summed E-state index contributed by atoms with van der Waals surface area (Å²) in [6, 6.07) is 28.4. The van der Waals surface area contributed by atoms with Crippen LogP contribution in [0.2, 0.25) is 5.02 Å². The van der Waals surface area contributed by atoms with Crippen LogP contribution in [0.25, 0.3) is 32.8 Å². The van der Waals surface area contributed by atoms with Gasteiger partial charge in [0.1, 0.15) is 11.4 Å². The molecule has 0 saturated heterocycles. The second kappa shape index (κ2) is 11.3. The van der Waals surface area contributed by atoms with Crippen LogP contribution < -0.4 is 4.74 Å². The molecule has 4 nitrogen and oxygen atoms in total. The van der Waals surface area contributed by atoms with Crippen molar-refractivity contribution in [2.75, 3.05) is 13.2 Å². The summed E-state index contributed by atoms with van der Waals surface area (Å²) in [5.74, 6) is 0.820. The third kappa shape index (κ3) is 5.01. The number of ether oxygens (including phenoxy) is 2. The van der Waals surface area contributed by atoms with Gasteiger partial charge in [-0.3, -0.25) is 0 Å². The lowest BCUT2D eigenvalue weighted by molar-refractivity contribution is 0.0515. The Kier molecular flexibility index (Phi) is 7.71. The number of hydrogen-bond donors (Lipinski definition) is 0. The van der Waals surface area contributed by atoms with Crippen LogP contribution in [0.4, 0.5) is 0 Å². The minimum Gasteiger partial charge on any atom is -0.493 e. The first kappa shape index (κ1) is 25.9. The first-order valence-electron chi connectivity index (χ1n) is 13.2. The molecule has 38 heavy (non-hydrogen) atoms. The summed E-state index contributed by atoms with van der Waals surface area (Å²) in [5.41, 5.74) is 4.60. The number of aromatic nitrogens is 1. The molecule has 0 aliphatic heterocycles. The molecule has 0 unspecified atom stereocenters. The van der Waals surface area contributed by atoms with Gasteiger partial charge in [0.15, 0.2) is 0 Å². The van der Waals surface area contributed by atoms with Crippen LogP contribution >= 0.6 is 11.6 Å². The molecule has 194 valence electrons. The van der Waals surface area contributed by atoms with E-state index in [1.165, 1.54) is 5.56 Å². The molecule has 0 bridgehead atoms. The number of fused-ring (bicyclic) bond motifs is 2. The van der Waals surface area contributed by atoms with Gasteiger partial charge >= 0.3 is 5.97 Å². The zero-order valence-corrected chi connectivity index (χ0v) is 22.8. The van der Waals surface area contributed by atoms with Crippen molar-refractivity contribution in [2.24, 2.45) is 0 Å². The fourth-order valence-electron chi connectivity index (χ4n) is 5.20. The van der Waals surface area contributed by atoms with Crippen LogP contribution in [-0.4, -0.2) is 23.8 Å². The summed E-state index contributed by atoms with van der Waals surface area (Å²) in [5, 5.41) is 3.82. The van der Waals surface area contributed by atoms with E-state index in [4.69, 9.17) is 21.1 Å². The molecule has 0 aliphatic rings. The summed E-state index contributed by atoms with van der Waals surface area (Å²) in [6.07, 6.45) is 0.716. The molecule has 0 fully saturated rings. The first-order valence-corrected chi connectivity index (χ1v) is 13.6. The van der Waals surface area contributed by atoms with E-state index in [2.05, 4.69) is 48.7 Å². The molecular weight excluding hydrogens is 494 g/mol. The van der Waals surface area contributed by atoms with Crippen LogP contribution in [0.1, 0.15) is 49.2 Å². The average Bonchev–Trinajstić information content (AvgIpc) is 3.24. The third-order valence-electron chi connectivity index (χ3n) is 6.88. The maximum absolute atomic E-state index is 13.5. The topological polar surface area (TPSA) is 40.5 Å². The van der Waals surface area contributed by atoms with Crippen molar-refractivity contribution < 1.29 is 14.3 Å². The van der Waals surface area contributed by atoms with Crippen LogP contribution in [0, 0.1) is 0 Å². The summed E-state index contributed by atoms with van der Waals surface area (Å²) in [4.78, 5) is 13.5. The van der Waals surface area contributed by atoms with Gasteiger partial charge in [-0.05, 0) is 60.0 Å². The van der Waals surface area contributed by atoms with Gasteiger partial charge in [-0.1, -0.05) is 86.1 Å². The smallest absolute Gasteiger partial charge is 0.355 e. The van der Waals surface area contributed by atoms with Crippen molar-refractivity contribution in [1.82, 2.24) is 4.57 Å². The predicted octanol–water partition coefficient (Wildman–Crippen LogP) is 8.88. The number of carbonyl (C=O) groups excluding carboxylic acids is 1. The average molecular weight is 526 g/mol. The summed E-state index contributed by atoms with van der Waals surface area (Å²) >= 11 is 6.48. The Morgan fingerprint density at radius 1 is 0.921 bits per heavy atom. The van der Waals surface area contributed by atoms with E-state index in [0.717, 1.165) is 38.6 Å². The second-order valence-corrected chi connectivity index (χ2v) is 10.1. The normalized spacial score (nSPS) is 11.4. The summed E-state index contributed by atoms with van der Waals surface area (Å²) < 4.78 is 13.9. The van der Waals surface area contributed by atoms with Gasteiger partial charge in [0.2, 0.25) is 0 Å². The van der Waals surface area contributed by atoms with Gasteiger partial charge in [0, 0.05) is 33.4 Å². The molecule has 4 aromatic carbocycles. The highest BCUT2D eigenvalue weighted by Gasteiger charge is 2.26. The van der Waals surface area contributed by atoms with E-state index < -0.39 is 0 Å². The van der Waals surface area contributed by atoms with Gasteiger partial charge in [0.25, 0.3) is 0 Å². The minimum absolute atomic E-state index is 0.285. The molecule has 1 aromatic heterocycles. The van der Waals surface area contributed by atoms with E-state index in [9.17, 15) is 4.79 Å². The number of aryl methyl sites for hydroxylation is 1. The second-order valence-electron chi connectivity index (χ2n) is 9.68. The van der Waals surface area contributed by atoms with E-state index in [-0.39, 0.29) is 11.9 Å². The Labute approximate surface area is 228 Å². The maximum atomic E-state index is 13.5. The molecule has 5 heteroatoms. The van der Waals surface area contributed by atoms with Crippen LogP contribution in [-0.2, 0) is 11.3 Å². The predicted molar refractivity (Wildman–Crippen MR) is 156 cm³/mol. The van der Waals surface area contributed by atoms with Crippen molar-refractivity contribution in [1.29, 1.82) is 0 Å². The highest BCUT2D eigenvalue weighted by atomic mass is 35.5. The molecule has 0 spiro atoms. The molecule has 5 rings (SSSR count). The van der Waals surface area contributed by atoms with Crippen molar-refractivity contribution in [2.45, 2.75) is 39.7 Å². The SMILES string of the molecule is CCOC(=O)c1c(-c2ccccc2C(C)C)c2cc(Cl)ccc2n1CCCOc1cccc2ccccc12. The Balaban J connectivity index is 1.55. The van der Waals surface area contributed by atoms with Crippen molar-refractivity contribution in [3.05, 3.63) is 101 Å². The third-order valence-corrected chi connectivity index (χ3v) is 7.11. The highest BCUT2D eigenvalue weighted by molar-refractivity contribution is 6.31. The van der Waals surface area contributed by atoms with E-state index in [1.807, 2.05) is 61.5 Å². The molecule has 0 aliphatic carbocycles. The van der Waals surface area contributed by atoms with Crippen LogP contribution in [0.3, 0.4) is 0 Å². The molecule has 0 N–H and O–H groups in total. The van der Waals surface area contributed by atoms with Gasteiger partial charge in [-0.2, -0.15) is 0 Å². The Bertz CT molecular complexity index is 1600. The van der Waals surface area contributed by atoms with E-state index in [1.54, 1.807) is 0 Å². The minimum atomic E-state index is -0.330. The number of carbonyl (C=O) groups is 1. The van der Waals surface area contributed by atoms with Crippen molar-refractivity contribution in [3.63, 3.8) is 0 Å². The molecule has 0 radical (unpaired) electrons. The largest absolute Gasteiger partial charge is 0.493 e. The van der Waals surface area contributed by atoms with Crippen molar-refractivity contribution in [3.8, 4) is 16.9 Å². The van der Waals surface area contributed by atoms with Crippen molar-refractivity contribution >= 4 is 39.2 Å². The summed E-state index contributed by atoms with van der Waals surface area (Å²) in [7, 11) is 0. The fourth-order valence-corrected chi connectivity index (χ4v) is 5.37. The molecule has 0 amide bonds. The van der Waals surface area contributed by atoms with Crippen LogP contribution in [0.15, 0.2) is 84.9 Å². The van der Waals surface area contributed by atoms with Gasteiger partial charge in [-0.15, -0.1) is 0 Å². The van der Waals surface area contributed by atoms with Crippen LogP contribution in [0.5, 0.6) is 5.75 Å². The van der Waals surface area contributed by atoms with Gasteiger partial charge in [-0.25, -0.2) is 4.79 Å². The zero-order valence-electron chi connectivity index (χ0n) is 22.0. The number of rotatable bonds is 9. The molecule has 1 heterocycles. The lowest BCUT2D eigenvalue weighted by Crippen LogP contribution is -2.15. The summed E-state index contributed by atoms with van der Waals surface area (Å²) in [6.45, 7) is 7.58. The Hall–Kier alpha value is -3.76. The lowest BCUT2D eigenvalue weighted by Gasteiger charge is -2.15. The standard InChI is InChI=1S/C33H32ClNO3/c1-4-37-33(36)32-31(27-15-8-7-13-25(27)22(2)3)28-21-24(34)17-18-29(28)35(32)19-10-20-38-30-16-9-12-23-11-5-6-14-26(23)30/h5-9,11-18,21-22H,4,10,19-20H2,1-3H3. The number of hydrogen-bond acceptors (Lipinski definition) is 3. The first-order chi connectivity index (χ1) is 18.5. The molecule has 0 saturated carbocycles. The van der Waals surface area contributed by atoms with Gasteiger partial charge in [0.05, 0.1) is 13.2 Å². The number of halogens is 1.